The van der Waals surface area contributed by atoms with E-state index in [4.69, 9.17) is 0 Å². The topological polar surface area (TPSA) is 82.7 Å². The van der Waals surface area contributed by atoms with Gasteiger partial charge in [0.15, 0.2) is 0 Å². The number of hydrogen-bond donors (Lipinski definition) is 3. The fourth-order valence-corrected chi connectivity index (χ4v) is 2.13. The van der Waals surface area contributed by atoms with Crippen molar-refractivity contribution in [1.82, 2.24) is 25.8 Å². The fourth-order valence-electron chi connectivity index (χ4n) is 2.13. The molecule has 1 aromatic rings. The smallest absolute Gasteiger partial charge is 0.291 e. The third kappa shape index (κ3) is 3.32. The van der Waals surface area contributed by atoms with Crippen LogP contribution < -0.4 is 10.6 Å². The van der Waals surface area contributed by atoms with Crippen LogP contribution in [0.2, 0.25) is 0 Å². The maximum Gasteiger partial charge on any atom is 0.291 e. The van der Waals surface area contributed by atoms with E-state index in [-0.39, 0.29) is 22.7 Å². The molecule has 1 fully saturated rings. The summed E-state index contributed by atoms with van der Waals surface area (Å²) in [7, 11) is 0. The second-order valence-corrected chi connectivity index (χ2v) is 6.52. The Morgan fingerprint density at radius 1 is 1.32 bits per heavy atom. The average molecular weight is 265 g/mol. The van der Waals surface area contributed by atoms with Gasteiger partial charge in [0.25, 0.3) is 5.91 Å². The van der Waals surface area contributed by atoms with Crippen LogP contribution >= 0.6 is 0 Å². The summed E-state index contributed by atoms with van der Waals surface area (Å²) < 4.78 is 0. The van der Waals surface area contributed by atoms with Crippen LogP contribution in [0.3, 0.4) is 0 Å². The van der Waals surface area contributed by atoms with Crippen LogP contribution in [0, 0.1) is 0 Å². The Bertz CT molecular complexity index is 454. The molecule has 0 aromatic carbocycles. The lowest BCUT2D eigenvalue weighted by Crippen LogP contribution is -2.52. The van der Waals surface area contributed by atoms with Crippen molar-refractivity contribution in [3.05, 3.63) is 11.6 Å². The number of piperidine rings is 1. The summed E-state index contributed by atoms with van der Waals surface area (Å²) in [6.07, 6.45) is 1.85. The fraction of sp³-hybridized carbons (Fsp3) is 0.769. The molecule has 106 valence electrons. The predicted molar refractivity (Wildman–Crippen MR) is 73.1 cm³/mol. The van der Waals surface area contributed by atoms with E-state index in [2.05, 4.69) is 32.7 Å². The summed E-state index contributed by atoms with van der Waals surface area (Å²) in [5.74, 6) is 0.758. The van der Waals surface area contributed by atoms with Gasteiger partial charge in [0, 0.05) is 11.0 Å². The molecule has 0 radical (unpaired) electrons. The Balaban J connectivity index is 2.05. The highest BCUT2D eigenvalue weighted by Crippen LogP contribution is 2.19. The van der Waals surface area contributed by atoms with Gasteiger partial charge in [0.05, 0.1) is 0 Å². The van der Waals surface area contributed by atoms with Crippen molar-refractivity contribution >= 4 is 5.91 Å². The highest BCUT2D eigenvalue weighted by atomic mass is 16.2. The molecule has 1 aliphatic heterocycles. The number of rotatable bonds is 2. The van der Waals surface area contributed by atoms with Gasteiger partial charge in [-0.25, -0.2) is 4.98 Å². The van der Waals surface area contributed by atoms with Crippen molar-refractivity contribution in [2.24, 2.45) is 0 Å². The van der Waals surface area contributed by atoms with Gasteiger partial charge >= 0.3 is 0 Å². The number of aromatic nitrogens is 3. The van der Waals surface area contributed by atoms with Crippen molar-refractivity contribution < 1.29 is 4.79 Å². The van der Waals surface area contributed by atoms with Crippen LogP contribution in [-0.4, -0.2) is 39.7 Å². The zero-order valence-electron chi connectivity index (χ0n) is 12.1. The van der Waals surface area contributed by atoms with E-state index in [9.17, 15) is 4.79 Å². The number of hydrogen-bond acceptors (Lipinski definition) is 4. The summed E-state index contributed by atoms with van der Waals surface area (Å²) in [4.78, 5) is 16.5. The van der Waals surface area contributed by atoms with Crippen LogP contribution in [0.5, 0.6) is 0 Å². The molecular formula is C13H23N5O. The number of nitrogens with one attached hydrogen (secondary N) is 3. The van der Waals surface area contributed by atoms with Crippen molar-refractivity contribution in [1.29, 1.82) is 0 Å². The molecule has 0 bridgehead atoms. The molecule has 1 aliphatic rings. The maximum atomic E-state index is 12.2. The third-order valence-corrected chi connectivity index (χ3v) is 3.52. The molecule has 0 unspecified atom stereocenters. The van der Waals surface area contributed by atoms with Gasteiger partial charge in [-0.1, -0.05) is 20.8 Å². The number of aromatic amines is 1. The van der Waals surface area contributed by atoms with Gasteiger partial charge in [0.1, 0.15) is 5.82 Å². The van der Waals surface area contributed by atoms with E-state index in [0.29, 0.717) is 0 Å². The van der Waals surface area contributed by atoms with Crippen LogP contribution in [0.1, 0.15) is 57.0 Å². The molecule has 1 aromatic heterocycles. The molecule has 0 spiro atoms. The number of amides is 1. The molecule has 0 saturated carbocycles. The first-order valence-corrected chi connectivity index (χ1v) is 6.76. The summed E-state index contributed by atoms with van der Waals surface area (Å²) in [5.41, 5.74) is -0.297. The van der Waals surface area contributed by atoms with Gasteiger partial charge < -0.3 is 10.6 Å². The van der Waals surface area contributed by atoms with E-state index >= 15 is 0 Å². The van der Waals surface area contributed by atoms with Crippen molar-refractivity contribution in [2.45, 2.75) is 51.5 Å². The molecule has 6 nitrogen and oxygen atoms in total. The van der Waals surface area contributed by atoms with Crippen LogP contribution in [0.25, 0.3) is 0 Å². The molecule has 1 amide bonds. The first-order chi connectivity index (χ1) is 8.80. The predicted octanol–water partition coefficient (Wildman–Crippen LogP) is 0.974. The monoisotopic (exact) mass is 265 g/mol. The standard InChI is InChI=1S/C13H23N5O/c1-12(2,3)11-15-9(17-18-11)10(19)16-13(4)5-7-14-8-6-13/h14H,5-8H2,1-4H3,(H,16,19)(H,15,17,18). The minimum atomic E-state index is -0.198. The normalized spacial score (nSPS) is 19.2. The summed E-state index contributed by atoms with van der Waals surface area (Å²) in [5, 5.41) is 13.2. The zero-order chi connectivity index (χ0) is 14.1. The quantitative estimate of drug-likeness (QED) is 0.744. The Morgan fingerprint density at radius 2 is 1.95 bits per heavy atom. The Kier molecular flexibility index (Phi) is 3.62. The molecular weight excluding hydrogens is 242 g/mol. The largest absolute Gasteiger partial charge is 0.344 e. The molecule has 6 heteroatoms. The minimum Gasteiger partial charge on any atom is -0.344 e. The van der Waals surface area contributed by atoms with Crippen molar-refractivity contribution in [3.63, 3.8) is 0 Å². The SMILES string of the molecule is CC1(NC(=O)c2n[nH]c(C(C)(C)C)n2)CCNCC1. The van der Waals surface area contributed by atoms with Crippen molar-refractivity contribution in [3.8, 4) is 0 Å². The number of carbonyl (C=O) groups excluding carboxylic acids is 1. The minimum absolute atomic E-state index is 0.135. The van der Waals surface area contributed by atoms with Gasteiger partial charge in [-0.15, -0.1) is 5.10 Å². The van der Waals surface area contributed by atoms with E-state index in [1.807, 2.05) is 20.8 Å². The van der Waals surface area contributed by atoms with Crippen molar-refractivity contribution in [2.75, 3.05) is 13.1 Å². The van der Waals surface area contributed by atoms with Crippen LogP contribution in [-0.2, 0) is 5.41 Å². The van der Waals surface area contributed by atoms with Gasteiger partial charge in [-0.05, 0) is 32.9 Å². The Labute approximate surface area is 113 Å². The first-order valence-electron chi connectivity index (χ1n) is 6.76. The molecule has 2 heterocycles. The second kappa shape index (κ2) is 4.92. The molecule has 0 atom stereocenters. The number of nitrogens with zero attached hydrogens (tertiary/aromatic N) is 2. The molecule has 3 N–H and O–H groups in total. The van der Waals surface area contributed by atoms with Gasteiger partial charge in [-0.3, -0.25) is 9.89 Å². The van der Waals surface area contributed by atoms with E-state index in [0.717, 1.165) is 31.8 Å². The van der Waals surface area contributed by atoms with Gasteiger partial charge in [-0.2, -0.15) is 0 Å². The first kappa shape index (κ1) is 14.0. The highest BCUT2D eigenvalue weighted by molar-refractivity contribution is 5.90. The lowest BCUT2D eigenvalue weighted by Gasteiger charge is -2.34. The zero-order valence-corrected chi connectivity index (χ0v) is 12.1. The average Bonchev–Trinajstić information content (AvgIpc) is 2.78. The summed E-state index contributed by atoms with van der Waals surface area (Å²) in [6, 6.07) is 0. The van der Waals surface area contributed by atoms with E-state index in [1.165, 1.54) is 0 Å². The van der Waals surface area contributed by atoms with Gasteiger partial charge in [0.2, 0.25) is 5.82 Å². The second-order valence-electron chi connectivity index (χ2n) is 6.52. The maximum absolute atomic E-state index is 12.2. The lowest BCUT2D eigenvalue weighted by atomic mass is 9.90. The Morgan fingerprint density at radius 3 is 2.47 bits per heavy atom. The Hall–Kier alpha value is -1.43. The van der Waals surface area contributed by atoms with E-state index in [1.54, 1.807) is 0 Å². The molecule has 0 aliphatic carbocycles. The summed E-state index contributed by atoms with van der Waals surface area (Å²) in [6.45, 7) is 10.0. The molecule has 1 saturated heterocycles. The third-order valence-electron chi connectivity index (χ3n) is 3.52. The number of carbonyl (C=O) groups is 1. The summed E-state index contributed by atoms with van der Waals surface area (Å²) >= 11 is 0. The molecule has 2 rings (SSSR count). The van der Waals surface area contributed by atoms with Crippen LogP contribution in [0.4, 0.5) is 0 Å². The number of H-pyrrole nitrogens is 1. The highest BCUT2D eigenvalue weighted by Gasteiger charge is 2.30. The molecule has 19 heavy (non-hydrogen) atoms. The lowest BCUT2D eigenvalue weighted by molar-refractivity contribution is 0.0877. The van der Waals surface area contributed by atoms with E-state index < -0.39 is 0 Å². The van der Waals surface area contributed by atoms with Crippen LogP contribution in [0.15, 0.2) is 0 Å².